The van der Waals surface area contributed by atoms with Gasteiger partial charge < -0.3 is 13.8 Å². The molecule has 8 nitrogen and oxygen atoms in total. The molecule has 4 heterocycles. The Morgan fingerprint density at radius 1 is 1.17 bits per heavy atom. The summed E-state index contributed by atoms with van der Waals surface area (Å²) in [7, 11) is 0. The third-order valence-corrected chi connectivity index (χ3v) is 3.96. The van der Waals surface area contributed by atoms with Crippen LogP contribution in [0.5, 0.6) is 0 Å². The first-order valence-corrected chi connectivity index (χ1v) is 7.60. The van der Waals surface area contributed by atoms with Crippen LogP contribution in [0.25, 0.3) is 11.6 Å². The molecule has 1 saturated heterocycles. The third kappa shape index (κ3) is 2.50. The number of nitrogens with zero attached hydrogens (tertiary/aromatic N) is 6. The first-order chi connectivity index (χ1) is 11.4. The van der Waals surface area contributed by atoms with Gasteiger partial charge in [-0.1, -0.05) is 5.16 Å². The normalized spacial score (nSPS) is 20.9. The quantitative estimate of drug-likeness (QED) is 0.727. The van der Waals surface area contributed by atoms with E-state index in [9.17, 15) is 0 Å². The maximum absolute atomic E-state index is 5.88. The van der Waals surface area contributed by atoms with Crippen LogP contribution in [0, 0.1) is 0 Å². The van der Waals surface area contributed by atoms with E-state index in [0.717, 1.165) is 18.8 Å². The standard InChI is InChI=1S/C15H16N6O2/c1-2-21-8-7-18-14(21)11-10(4-9-22-11)15-19-13(20-23-15)12-16-5-3-6-17-12/h3,5-8,10-11H,2,4,9H2,1H3/t10-,11-/m1/s1. The molecule has 0 N–H and O–H groups in total. The molecule has 2 atom stereocenters. The van der Waals surface area contributed by atoms with Crippen molar-refractivity contribution in [2.75, 3.05) is 6.61 Å². The minimum Gasteiger partial charge on any atom is -0.369 e. The molecule has 0 aromatic carbocycles. The molecule has 8 heteroatoms. The van der Waals surface area contributed by atoms with Crippen LogP contribution in [0.15, 0.2) is 35.4 Å². The van der Waals surface area contributed by atoms with E-state index in [2.05, 4.69) is 36.6 Å². The number of imidazole rings is 1. The number of hydrogen-bond acceptors (Lipinski definition) is 7. The summed E-state index contributed by atoms with van der Waals surface area (Å²) in [6.07, 6.45) is 7.68. The van der Waals surface area contributed by atoms with Gasteiger partial charge in [-0.2, -0.15) is 4.98 Å². The van der Waals surface area contributed by atoms with Crippen molar-refractivity contribution in [1.82, 2.24) is 29.7 Å². The van der Waals surface area contributed by atoms with Crippen LogP contribution >= 0.6 is 0 Å². The summed E-state index contributed by atoms with van der Waals surface area (Å²) in [6, 6.07) is 1.75. The Morgan fingerprint density at radius 3 is 2.87 bits per heavy atom. The molecule has 3 aromatic rings. The predicted molar refractivity (Wildman–Crippen MR) is 79.3 cm³/mol. The molecule has 0 saturated carbocycles. The lowest BCUT2D eigenvalue weighted by atomic mass is 10.0. The molecular weight excluding hydrogens is 296 g/mol. The smallest absolute Gasteiger partial charge is 0.240 e. The highest BCUT2D eigenvalue weighted by atomic mass is 16.5. The van der Waals surface area contributed by atoms with Crippen molar-refractivity contribution in [3.63, 3.8) is 0 Å². The molecule has 0 spiro atoms. The average Bonchev–Trinajstić information content (AvgIpc) is 3.33. The van der Waals surface area contributed by atoms with Gasteiger partial charge in [-0.15, -0.1) is 0 Å². The lowest BCUT2D eigenvalue weighted by molar-refractivity contribution is 0.0888. The van der Waals surface area contributed by atoms with Gasteiger partial charge in [-0.25, -0.2) is 15.0 Å². The lowest BCUT2D eigenvalue weighted by Gasteiger charge is -2.15. The molecule has 1 fully saturated rings. The summed E-state index contributed by atoms with van der Waals surface area (Å²) in [5.74, 6) is 2.28. The molecule has 23 heavy (non-hydrogen) atoms. The highest BCUT2D eigenvalue weighted by Gasteiger charge is 2.37. The molecule has 1 aliphatic heterocycles. The Hall–Kier alpha value is -2.61. The van der Waals surface area contributed by atoms with E-state index in [-0.39, 0.29) is 12.0 Å². The molecule has 1 aliphatic rings. The van der Waals surface area contributed by atoms with E-state index in [4.69, 9.17) is 9.26 Å². The van der Waals surface area contributed by atoms with Gasteiger partial charge in [0.1, 0.15) is 11.9 Å². The summed E-state index contributed by atoms with van der Waals surface area (Å²) in [4.78, 5) is 17.2. The summed E-state index contributed by atoms with van der Waals surface area (Å²) in [5, 5.41) is 4.00. The van der Waals surface area contributed by atoms with Crippen LogP contribution < -0.4 is 0 Å². The zero-order chi connectivity index (χ0) is 15.6. The van der Waals surface area contributed by atoms with Crippen molar-refractivity contribution in [3.05, 3.63) is 42.6 Å². The summed E-state index contributed by atoms with van der Waals surface area (Å²) in [5.41, 5.74) is 0. The van der Waals surface area contributed by atoms with Crippen LogP contribution in [0.3, 0.4) is 0 Å². The van der Waals surface area contributed by atoms with E-state index >= 15 is 0 Å². The Morgan fingerprint density at radius 2 is 2.04 bits per heavy atom. The Kier molecular flexibility index (Phi) is 3.58. The van der Waals surface area contributed by atoms with Gasteiger partial charge in [-0.05, 0) is 19.4 Å². The van der Waals surface area contributed by atoms with Crippen molar-refractivity contribution in [3.8, 4) is 11.6 Å². The second-order valence-electron chi connectivity index (χ2n) is 5.29. The first-order valence-electron chi connectivity index (χ1n) is 7.60. The van der Waals surface area contributed by atoms with Gasteiger partial charge in [0.25, 0.3) is 0 Å². The largest absolute Gasteiger partial charge is 0.369 e. The number of aromatic nitrogens is 6. The fourth-order valence-electron chi connectivity index (χ4n) is 2.83. The number of aryl methyl sites for hydroxylation is 1. The maximum Gasteiger partial charge on any atom is 0.240 e. The van der Waals surface area contributed by atoms with Crippen LogP contribution in [0.1, 0.15) is 37.1 Å². The second kappa shape index (κ2) is 5.88. The van der Waals surface area contributed by atoms with Gasteiger partial charge in [0.05, 0.1) is 5.92 Å². The lowest BCUT2D eigenvalue weighted by Crippen LogP contribution is -2.13. The SMILES string of the molecule is CCn1ccnc1[C@@H]1OCC[C@H]1c1nc(-c2ncccn2)no1. The summed E-state index contributed by atoms with van der Waals surface area (Å²) in [6.45, 7) is 3.56. The highest BCUT2D eigenvalue weighted by molar-refractivity contribution is 5.40. The van der Waals surface area contributed by atoms with Crippen molar-refractivity contribution >= 4 is 0 Å². The molecule has 0 aliphatic carbocycles. The Balaban J connectivity index is 1.64. The van der Waals surface area contributed by atoms with Gasteiger partial charge in [0.15, 0.2) is 0 Å². The first kappa shape index (κ1) is 14.0. The minimum atomic E-state index is -0.171. The topological polar surface area (TPSA) is 91.8 Å². The molecule has 0 bridgehead atoms. The number of hydrogen-bond donors (Lipinski definition) is 0. The fourth-order valence-corrected chi connectivity index (χ4v) is 2.83. The van der Waals surface area contributed by atoms with Crippen molar-refractivity contribution in [1.29, 1.82) is 0 Å². The molecule has 0 amide bonds. The van der Waals surface area contributed by atoms with Crippen LogP contribution in [-0.2, 0) is 11.3 Å². The maximum atomic E-state index is 5.88. The van der Waals surface area contributed by atoms with Crippen LogP contribution in [0.2, 0.25) is 0 Å². The van der Waals surface area contributed by atoms with Crippen molar-refractivity contribution < 1.29 is 9.26 Å². The number of ether oxygens (including phenoxy) is 1. The zero-order valence-corrected chi connectivity index (χ0v) is 12.7. The van der Waals surface area contributed by atoms with E-state index < -0.39 is 0 Å². The van der Waals surface area contributed by atoms with Gasteiger partial charge >= 0.3 is 0 Å². The molecule has 4 rings (SSSR count). The van der Waals surface area contributed by atoms with E-state index in [1.165, 1.54) is 0 Å². The summed E-state index contributed by atoms with van der Waals surface area (Å²) < 4.78 is 13.4. The second-order valence-corrected chi connectivity index (χ2v) is 5.29. The summed E-state index contributed by atoms with van der Waals surface area (Å²) >= 11 is 0. The van der Waals surface area contributed by atoms with Crippen molar-refractivity contribution in [2.24, 2.45) is 0 Å². The molecule has 118 valence electrons. The van der Waals surface area contributed by atoms with Gasteiger partial charge in [0.2, 0.25) is 17.5 Å². The predicted octanol–water partition coefficient (Wildman–Crippen LogP) is 1.99. The highest BCUT2D eigenvalue weighted by Crippen LogP contribution is 2.40. The average molecular weight is 312 g/mol. The van der Waals surface area contributed by atoms with Crippen molar-refractivity contribution in [2.45, 2.75) is 31.9 Å². The van der Waals surface area contributed by atoms with E-state index in [1.54, 1.807) is 24.7 Å². The molecule has 0 unspecified atom stereocenters. The Bertz CT molecular complexity index is 784. The van der Waals surface area contributed by atoms with Crippen LogP contribution in [0.4, 0.5) is 0 Å². The Labute approximate surface area is 132 Å². The molecular formula is C15H16N6O2. The number of rotatable bonds is 4. The fraction of sp³-hybridized carbons (Fsp3) is 0.400. The zero-order valence-electron chi connectivity index (χ0n) is 12.7. The van der Waals surface area contributed by atoms with Crippen LogP contribution in [-0.4, -0.2) is 36.3 Å². The van der Waals surface area contributed by atoms with E-state index in [0.29, 0.717) is 24.1 Å². The van der Waals surface area contributed by atoms with E-state index in [1.807, 2.05) is 6.20 Å². The monoisotopic (exact) mass is 312 g/mol. The molecule has 3 aromatic heterocycles. The van der Waals surface area contributed by atoms with Gasteiger partial charge in [-0.3, -0.25) is 0 Å². The minimum absolute atomic E-state index is 0.00679. The third-order valence-electron chi connectivity index (χ3n) is 3.96. The van der Waals surface area contributed by atoms with Gasteiger partial charge in [0, 0.05) is 37.9 Å². The molecule has 0 radical (unpaired) electrons.